The van der Waals surface area contributed by atoms with Gasteiger partial charge < -0.3 is 5.11 Å². The largest absolute Gasteiger partial charge is 0.396 e. The summed E-state index contributed by atoms with van der Waals surface area (Å²) in [5.41, 5.74) is 0. The van der Waals surface area contributed by atoms with Crippen molar-refractivity contribution in [1.29, 1.82) is 0 Å². The number of rotatable bonds is 6. The van der Waals surface area contributed by atoms with E-state index < -0.39 is 10.0 Å². The molecule has 0 saturated carbocycles. The molecule has 1 N–H and O–H groups in total. The van der Waals surface area contributed by atoms with Crippen LogP contribution in [0.4, 0.5) is 0 Å². The maximum Gasteiger partial charge on any atom is 0.211 e. The Balaban J connectivity index is 4.21. The fourth-order valence-electron chi connectivity index (χ4n) is 1.05. The van der Waals surface area contributed by atoms with E-state index in [2.05, 4.69) is 0 Å². The summed E-state index contributed by atoms with van der Waals surface area (Å²) in [4.78, 5) is 0. The number of hydrogen-bond donors (Lipinski definition) is 1. The zero-order chi connectivity index (χ0) is 10.5. The minimum atomic E-state index is -3.11. The summed E-state index contributed by atoms with van der Waals surface area (Å²) in [6.45, 7) is 4.91. The predicted octanol–water partition coefficient (Wildman–Crippen LogP) is 0.286. The van der Waals surface area contributed by atoms with E-state index in [9.17, 15) is 8.42 Å². The lowest BCUT2D eigenvalue weighted by atomic mass is 10.2. The maximum atomic E-state index is 11.2. The average Bonchev–Trinajstić information content (AvgIpc) is 1.95. The molecule has 0 unspecified atom stereocenters. The first-order chi connectivity index (χ1) is 5.88. The molecule has 80 valence electrons. The van der Waals surface area contributed by atoms with Gasteiger partial charge in [0.25, 0.3) is 0 Å². The maximum absolute atomic E-state index is 11.2. The molecule has 0 bridgehead atoms. The summed E-state index contributed by atoms with van der Waals surface area (Å²) in [5.74, 6) is 0.313. The summed E-state index contributed by atoms with van der Waals surface area (Å²) in [5, 5.41) is 8.59. The van der Waals surface area contributed by atoms with Gasteiger partial charge in [-0.05, 0) is 12.3 Å². The SMILES string of the molecule is CC(C)CN(CCCO)S(C)(=O)=O. The van der Waals surface area contributed by atoms with Gasteiger partial charge in [-0.25, -0.2) is 12.7 Å². The molecule has 5 heteroatoms. The van der Waals surface area contributed by atoms with Gasteiger partial charge in [0.15, 0.2) is 0 Å². The Bertz CT molecular complexity index is 224. The van der Waals surface area contributed by atoms with E-state index in [-0.39, 0.29) is 6.61 Å². The molecule has 0 aromatic rings. The lowest BCUT2D eigenvalue weighted by Crippen LogP contribution is -2.34. The molecular weight excluding hydrogens is 190 g/mol. The van der Waals surface area contributed by atoms with E-state index in [1.165, 1.54) is 10.6 Å². The highest BCUT2D eigenvalue weighted by Crippen LogP contribution is 2.04. The second-order valence-corrected chi connectivity index (χ2v) is 5.57. The van der Waals surface area contributed by atoms with Crippen LogP contribution in [-0.4, -0.2) is 43.8 Å². The minimum absolute atomic E-state index is 0.0319. The lowest BCUT2D eigenvalue weighted by molar-refractivity contribution is 0.264. The summed E-state index contributed by atoms with van der Waals surface area (Å²) in [6, 6.07) is 0. The first kappa shape index (κ1) is 12.9. The smallest absolute Gasteiger partial charge is 0.211 e. The van der Waals surface area contributed by atoms with Gasteiger partial charge in [0, 0.05) is 19.7 Å². The Hall–Kier alpha value is -0.130. The molecule has 0 atom stereocenters. The van der Waals surface area contributed by atoms with Gasteiger partial charge >= 0.3 is 0 Å². The molecule has 0 amide bonds. The summed E-state index contributed by atoms with van der Waals surface area (Å²) in [6.07, 6.45) is 1.70. The van der Waals surface area contributed by atoms with Crippen LogP contribution in [0.3, 0.4) is 0 Å². The quantitative estimate of drug-likeness (QED) is 0.684. The van der Waals surface area contributed by atoms with E-state index in [0.717, 1.165) is 0 Å². The highest BCUT2D eigenvalue weighted by molar-refractivity contribution is 7.88. The van der Waals surface area contributed by atoms with E-state index in [4.69, 9.17) is 5.11 Å². The minimum Gasteiger partial charge on any atom is -0.396 e. The third-order valence-electron chi connectivity index (χ3n) is 1.60. The highest BCUT2D eigenvalue weighted by atomic mass is 32.2. The molecule has 0 radical (unpaired) electrons. The zero-order valence-corrected chi connectivity index (χ0v) is 9.34. The third kappa shape index (κ3) is 6.01. The van der Waals surface area contributed by atoms with Crippen LogP contribution in [0.25, 0.3) is 0 Å². The third-order valence-corrected chi connectivity index (χ3v) is 2.87. The van der Waals surface area contributed by atoms with Crippen LogP contribution in [0.5, 0.6) is 0 Å². The number of aliphatic hydroxyl groups is 1. The van der Waals surface area contributed by atoms with Crippen LogP contribution in [0.15, 0.2) is 0 Å². The number of nitrogens with zero attached hydrogens (tertiary/aromatic N) is 1. The zero-order valence-electron chi connectivity index (χ0n) is 8.52. The molecule has 0 spiro atoms. The van der Waals surface area contributed by atoms with Crippen LogP contribution < -0.4 is 0 Å². The van der Waals surface area contributed by atoms with Gasteiger partial charge in [-0.3, -0.25) is 0 Å². The Labute approximate surface area is 80.6 Å². The molecule has 0 saturated heterocycles. The molecule has 0 aromatic carbocycles. The van der Waals surface area contributed by atoms with Crippen molar-refractivity contribution in [3.63, 3.8) is 0 Å². The van der Waals surface area contributed by atoms with Crippen LogP contribution in [0.1, 0.15) is 20.3 Å². The van der Waals surface area contributed by atoms with Crippen molar-refractivity contribution < 1.29 is 13.5 Å². The van der Waals surface area contributed by atoms with Crippen molar-refractivity contribution in [3.8, 4) is 0 Å². The molecule has 13 heavy (non-hydrogen) atoms. The molecular formula is C8H19NO3S. The molecule has 0 heterocycles. The molecule has 0 aliphatic heterocycles. The average molecular weight is 209 g/mol. The van der Waals surface area contributed by atoms with Crippen LogP contribution in [0, 0.1) is 5.92 Å². The van der Waals surface area contributed by atoms with Crippen molar-refractivity contribution in [2.75, 3.05) is 26.0 Å². The monoisotopic (exact) mass is 209 g/mol. The van der Waals surface area contributed by atoms with Crippen molar-refractivity contribution in [3.05, 3.63) is 0 Å². The number of aliphatic hydroxyl groups excluding tert-OH is 1. The van der Waals surface area contributed by atoms with Gasteiger partial charge in [0.05, 0.1) is 6.26 Å². The normalized spacial score (nSPS) is 12.8. The molecule has 4 nitrogen and oxygen atoms in total. The number of sulfonamides is 1. The highest BCUT2D eigenvalue weighted by Gasteiger charge is 2.16. The standard InChI is InChI=1S/C8H19NO3S/c1-8(2)7-9(5-4-6-10)13(3,11)12/h8,10H,4-7H2,1-3H3. The van der Waals surface area contributed by atoms with Crippen molar-refractivity contribution in [2.45, 2.75) is 20.3 Å². The fraction of sp³-hybridized carbons (Fsp3) is 1.00. The van der Waals surface area contributed by atoms with Gasteiger partial charge in [0.1, 0.15) is 0 Å². The van der Waals surface area contributed by atoms with Crippen molar-refractivity contribution in [2.24, 2.45) is 5.92 Å². The van der Waals surface area contributed by atoms with E-state index >= 15 is 0 Å². The second kappa shape index (κ2) is 5.57. The van der Waals surface area contributed by atoms with E-state index in [1.807, 2.05) is 13.8 Å². The Morgan fingerprint density at radius 2 is 1.92 bits per heavy atom. The topological polar surface area (TPSA) is 57.6 Å². The van der Waals surface area contributed by atoms with Crippen LogP contribution in [0.2, 0.25) is 0 Å². The number of hydrogen-bond acceptors (Lipinski definition) is 3. The van der Waals surface area contributed by atoms with Crippen molar-refractivity contribution in [1.82, 2.24) is 4.31 Å². The van der Waals surface area contributed by atoms with Gasteiger partial charge in [-0.15, -0.1) is 0 Å². The van der Waals surface area contributed by atoms with E-state index in [1.54, 1.807) is 0 Å². The van der Waals surface area contributed by atoms with Gasteiger partial charge in [0.2, 0.25) is 10.0 Å². The molecule has 0 aliphatic carbocycles. The molecule has 0 aromatic heterocycles. The van der Waals surface area contributed by atoms with Gasteiger partial charge in [-0.1, -0.05) is 13.8 Å². The molecule has 0 aliphatic rings. The Morgan fingerprint density at radius 3 is 2.23 bits per heavy atom. The predicted molar refractivity (Wildman–Crippen MR) is 53.0 cm³/mol. The molecule has 0 rings (SSSR count). The summed E-state index contributed by atoms with van der Waals surface area (Å²) >= 11 is 0. The van der Waals surface area contributed by atoms with Crippen LogP contribution in [-0.2, 0) is 10.0 Å². The fourth-order valence-corrected chi connectivity index (χ4v) is 2.08. The van der Waals surface area contributed by atoms with Gasteiger partial charge in [-0.2, -0.15) is 0 Å². The Morgan fingerprint density at radius 1 is 1.38 bits per heavy atom. The van der Waals surface area contributed by atoms with E-state index in [0.29, 0.717) is 25.4 Å². The first-order valence-electron chi connectivity index (χ1n) is 4.44. The molecule has 0 fully saturated rings. The lowest BCUT2D eigenvalue weighted by Gasteiger charge is -2.21. The first-order valence-corrected chi connectivity index (χ1v) is 6.28. The second-order valence-electron chi connectivity index (χ2n) is 3.59. The van der Waals surface area contributed by atoms with Crippen LogP contribution >= 0.6 is 0 Å². The summed E-state index contributed by atoms with van der Waals surface area (Å²) in [7, 11) is -3.11. The van der Waals surface area contributed by atoms with Crippen molar-refractivity contribution >= 4 is 10.0 Å². The Kier molecular flexibility index (Phi) is 5.51. The summed E-state index contributed by atoms with van der Waals surface area (Å²) < 4.78 is 23.8.